The zero-order chi connectivity index (χ0) is 26.1. The van der Waals surface area contributed by atoms with Crippen molar-refractivity contribution in [1.29, 1.82) is 0 Å². The molecule has 35 heavy (non-hydrogen) atoms. The Morgan fingerprint density at radius 1 is 1.03 bits per heavy atom. The third kappa shape index (κ3) is 6.74. The lowest BCUT2D eigenvalue weighted by Crippen LogP contribution is -2.37. The molecule has 0 atom stereocenters. The van der Waals surface area contributed by atoms with Gasteiger partial charge in [0.05, 0.1) is 28.8 Å². The highest BCUT2D eigenvalue weighted by Crippen LogP contribution is 2.37. The van der Waals surface area contributed by atoms with Crippen molar-refractivity contribution in [1.82, 2.24) is 4.90 Å². The van der Waals surface area contributed by atoms with Crippen LogP contribution in [0.1, 0.15) is 47.8 Å². The number of benzene rings is 2. The van der Waals surface area contributed by atoms with E-state index in [0.717, 1.165) is 12.1 Å². The van der Waals surface area contributed by atoms with Crippen molar-refractivity contribution in [3.05, 3.63) is 74.5 Å². The standard InChI is InChI=1S/C24H21Cl2F4NO4/c1-23(2,3)35-22(33)31-10-14-5-4-13(6-16(14)11-34-12-31)20(32)9-17(24(28,29)30)15-7-18(25)21(27)19(26)8-15/h4-9H,10-12H2,1-3H3. The van der Waals surface area contributed by atoms with Crippen molar-refractivity contribution in [2.75, 3.05) is 6.73 Å². The van der Waals surface area contributed by atoms with E-state index in [1.807, 2.05) is 0 Å². The molecule has 0 unspecified atom stereocenters. The molecule has 0 aliphatic carbocycles. The van der Waals surface area contributed by atoms with Gasteiger partial charge >= 0.3 is 12.3 Å². The Morgan fingerprint density at radius 3 is 2.23 bits per heavy atom. The number of rotatable bonds is 3. The highest BCUT2D eigenvalue weighted by Gasteiger charge is 2.36. The number of carbonyl (C=O) groups is 2. The number of fused-ring (bicyclic) bond motifs is 1. The maximum Gasteiger partial charge on any atom is 0.417 e. The minimum Gasteiger partial charge on any atom is -0.444 e. The van der Waals surface area contributed by atoms with Gasteiger partial charge < -0.3 is 9.47 Å². The van der Waals surface area contributed by atoms with E-state index in [0.29, 0.717) is 17.2 Å². The average molecular weight is 534 g/mol. The molecule has 2 aromatic carbocycles. The Labute approximate surface area is 209 Å². The van der Waals surface area contributed by atoms with E-state index in [2.05, 4.69) is 0 Å². The van der Waals surface area contributed by atoms with Crippen LogP contribution in [-0.2, 0) is 22.6 Å². The van der Waals surface area contributed by atoms with E-state index in [-0.39, 0.29) is 25.4 Å². The van der Waals surface area contributed by atoms with Gasteiger partial charge in [-0.05, 0) is 61.7 Å². The quantitative estimate of drug-likeness (QED) is 0.181. The fourth-order valence-electron chi connectivity index (χ4n) is 3.28. The van der Waals surface area contributed by atoms with E-state index in [9.17, 15) is 27.2 Å². The summed E-state index contributed by atoms with van der Waals surface area (Å²) in [5, 5.41) is -1.21. The third-order valence-corrected chi connectivity index (χ3v) is 5.43. The van der Waals surface area contributed by atoms with Crippen molar-refractivity contribution in [2.24, 2.45) is 0 Å². The summed E-state index contributed by atoms with van der Waals surface area (Å²) in [4.78, 5) is 26.5. The number of hydrogen-bond acceptors (Lipinski definition) is 4. The third-order valence-electron chi connectivity index (χ3n) is 4.88. The summed E-state index contributed by atoms with van der Waals surface area (Å²) in [7, 11) is 0. The number of halogens is 6. The van der Waals surface area contributed by atoms with Crippen LogP contribution in [0.2, 0.25) is 10.0 Å². The Bertz CT molecular complexity index is 1170. The minimum atomic E-state index is -4.94. The topological polar surface area (TPSA) is 55.8 Å². The van der Waals surface area contributed by atoms with Crippen molar-refractivity contribution < 1.29 is 36.6 Å². The van der Waals surface area contributed by atoms with Crippen LogP contribution >= 0.6 is 23.2 Å². The fraction of sp³-hybridized carbons (Fsp3) is 0.333. The lowest BCUT2D eigenvalue weighted by molar-refractivity contribution is -0.0690. The molecule has 0 radical (unpaired) electrons. The van der Waals surface area contributed by atoms with Crippen LogP contribution in [-0.4, -0.2) is 35.3 Å². The first-order valence-electron chi connectivity index (χ1n) is 10.3. The molecule has 0 spiro atoms. The largest absolute Gasteiger partial charge is 0.444 e. The Hall–Kier alpha value is -2.62. The van der Waals surface area contributed by atoms with Gasteiger partial charge in [0.1, 0.15) is 12.3 Å². The molecule has 1 aliphatic heterocycles. The van der Waals surface area contributed by atoms with E-state index in [1.165, 1.54) is 17.0 Å². The zero-order valence-electron chi connectivity index (χ0n) is 18.9. The van der Waals surface area contributed by atoms with Crippen molar-refractivity contribution in [3.63, 3.8) is 0 Å². The van der Waals surface area contributed by atoms with Crippen LogP contribution < -0.4 is 0 Å². The van der Waals surface area contributed by atoms with Gasteiger partial charge in [0.25, 0.3) is 0 Å². The first kappa shape index (κ1) is 27.0. The van der Waals surface area contributed by atoms with E-state index < -0.39 is 50.7 Å². The SMILES string of the molecule is CC(C)(C)OC(=O)N1COCc2cc(C(=O)C=C(c3cc(Cl)c(F)c(Cl)c3)C(F)(F)F)ccc2C1. The number of nitrogens with zero attached hydrogens (tertiary/aromatic N) is 1. The van der Waals surface area contributed by atoms with E-state index in [4.69, 9.17) is 32.7 Å². The van der Waals surface area contributed by atoms with Crippen molar-refractivity contribution >= 4 is 40.7 Å². The van der Waals surface area contributed by atoms with Crippen molar-refractivity contribution in [2.45, 2.75) is 45.7 Å². The molecule has 0 fully saturated rings. The summed E-state index contributed by atoms with van der Waals surface area (Å²) in [5.74, 6) is -2.00. The predicted octanol–water partition coefficient (Wildman–Crippen LogP) is 7.19. The number of alkyl halides is 3. The molecule has 0 aromatic heterocycles. The van der Waals surface area contributed by atoms with Crippen LogP contribution in [0.4, 0.5) is 22.4 Å². The molecular weight excluding hydrogens is 513 g/mol. The molecule has 1 aliphatic rings. The molecule has 188 valence electrons. The van der Waals surface area contributed by atoms with Crippen LogP contribution in [0, 0.1) is 5.82 Å². The van der Waals surface area contributed by atoms with E-state index >= 15 is 0 Å². The van der Waals surface area contributed by atoms with Gasteiger partial charge in [-0.25, -0.2) is 9.18 Å². The maximum absolute atomic E-state index is 13.7. The molecule has 2 aromatic rings. The Balaban J connectivity index is 1.91. The van der Waals surface area contributed by atoms with Crippen LogP contribution in [0.5, 0.6) is 0 Å². The predicted molar refractivity (Wildman–Crippen MR) is 123 cm³/mol. The minimum absolute atomic E-state index is 0.0286. The average Bonchev–Trinajstić information content (AvgIpc) is 2.95. The molecule has 0 saturated heterocycles. The van der Waals surface area contributed by atoms with Gasteiger partial charge in [0.2, 0.25) is 0 Å². The second-order valence-electron chi connectivity index (χ2n) is 8.81. The lowest BCUT2D eigenvalue weighted by Gasteiger charge is -2.26. The summed E-state index contributed by atoms with van der Waals surface area (Å²) in [6.45, 7) is 5.30. The normalized spacial score (nSPS) is 14.9. The lowest BCUT2D eigenvalue weighted by atomic mass is 9.98. The summed E-state index contributed by atoms with van der Waals surface area (Å²) >= 11 is 11.3. The molecular formula is C24H21Cl2F4NO4. The molecule has 11 heteroatoms. The van der Waals surface area contributed by atoms with Gasteiger partial charge in [-0.1, -0.05) is 35.3 Å². The maximum atomic E-state index is 13.7. The Morgan fingerprint density at radius 2 is 1.66 bits per heavy atom. The molecule has 0 bridgehead atoms. The summed E-state index contributed by atoms with van der Waals surface area (Å²) in [5.41, 5.74) is -1.41. The molecule has 3 rings (SSSR count). The number of ether oxygens (including phenoxy) is 2. The molecule has 0 N–H and O–H groups in total. The summed E-state index contributed by atoms with van der Waals surface area (Å²) < 4.78 is 65.7. The highest BCUT2D eigenvalue weighted by molar-refractivity contribution is 6.35. The molecule has 5 nitrogen and oxygen atoms in total. The zero-order valence-corrected chi connectivity index (χ0v) is 20.4. The monoisotopic (exact) mass is 533 g/mol. The fourth-order valence-corrected chi connectivity index (χ4v) is 3.77. The number of amides is 1. The second-order valence-corrected chi connectivity index (χ2v) is 9.63. The molecule has 0 saturated carbocycles. The second kappa shape index (κ2) is 10.2. The van der Waals surface area contributed by atoms with Crippen LogP contribution in [0.3, 0.4) is 0 Å². The number of hydrogen-bond donors (Lipinski definition) is 0. The van der Waals surface area contributed by atoms with Crippen LogP contribution in [0.15, 0.2) is 36.4 Å². The molecule has 1 heterocycles. The highest BCUT2D eigenvalue weighted by atomic mass is 35.5. The van der Waals surface area contributed by atoms with Gasteiger partial charge in [0.15, 0.2) is 11.6 Å². The smallest absolute Gasteiger partial charge is 0.417 e. The van der Waals surface area contributed by atoms with Gasteiger partial charge in [0, 0.05) is 5.56 Å². The van der Waals surface area contributed by atoms with E-state index in [1.54, 1.807) is 26.8 Å². The van der Waals surface area contributed by atoms with Gasteiger partial charge in [-0.15, -0.1) is 0 Å². The molecule has 1 amide bonds. The number of ketones is 1. The Kier molecular flexibility index (Phi) is 7.83. The van der Waals surface area contributed by atoms with Crippen molar-refractivity contribution in [3.8, 4) is 0 Å². The number of allylic oxidation sites excluding steroid dienone is 2. The number of carbonyl (C=O) groups excluding carboxylic acids is 2. The summed E-state index contributed by atoms with van der Waals surface area (Å²) in [6.07, 6.45) is -5.12. The summed E-state index contributed by atoms with van der Waals surface area (Å²) in [6, 6.07) is 5.82. The first-order chi connectivity index (χ1) is 16.2. The first-order valence-corrected chi connectivity index (χ1v) is 11.1. The van der Waals surface area contributed by atoms with Gasteiger partial charge in [-0.3, -0.25) is 9.69 Å². The van der Waals surface area contributed by atoms with Gasteiger partial charge in [-0.2, -0.15) is 13.2 Å². The van der Waals surface area contributed by atoms with Crippen LogP contribution in [0.25, 0.3) is 5.57 Å².